The van der Waals surface area contributed by atoms with E-state index in [1.807, 2.05) is 0 Å². The van der Waals surface area contributed by atoms with Crippen molar-refractivity contribution in [2.75, 3.05) is 0 Å². The average Bonchev–Trinajstić information content (AvgIpc) is 1.83. The summed E-state index contributed by atoms with van der Waals surface area (Å²) in [5, 5.41) is 0. The Morgan fingerprint density at radius 3 is 1.24 bits per heavy atom. The molecule has 0 rings (SSSR count). The minimum atomic E-state index is -1.62. The quantitative estimate of drug-likeness (QED) is 0.389. The Labute approximate surface area is 138 Å². The highest BCUT2D eigenvalue weighted by atomic mass is 28.4. The lowest BCUT2D eigenvalue weighted by Gasteiger charge is -2.45. The van der Waals surface area contributed by atoms with Crippen molar-refractivity contribution in [3.8, 4) is 0 Å². The Morgan fingerprint density at radius 2 is 1.00 bits per heavy atom. The fourth-order valence-electron chi connectivity index (χ4n) is 3.76. The molecule has 128 valence electrons. The predicted octanol–water partition coefficient (Wildman–Crippen LogP) is 5.99. The van der Waals surface area contributed by atoms with Crippen LogP contribution in [0.1, 0.15) is 6.92 Å². The maximum absolute atomic E-state index is 6.55. The molecule has 0 radical (unpaired) electrons. The number of rotatable bonds is 8. The van der Waals surface area contributed by atoms with E-state index in [1.54, 1.807) is 0 Å². The standard InChI is InChI=1S/C15H40O2Si4/c1-15(16-19(5,6)7,17-20(8,9)10)13-21(11,12)14-18(2,3)4/h13-14H2,1-12H3. The average molecular weight is 365 g/mol. The van der Waals surface area contributed by atoms with E-state index in [9.17, 15) is 0 Å². The molecular weight excluding hydrogens is 325 g/mol. The first kappa shape index (κ1) is 21.8. The van der Waals surface area contributed by atoms with Crippen LogP contribution in [0.2, 0.25) is 83.7 Å². The second kappa shape index (κ2) is 6.73. The van der Waals surface area contributed by atoms with E-state index in [2.05, 4.69) is 78.9 Å². The zero-order valence-corrected chi connectivity index (χ0v) is 20.7. The van der Waals surface area contributed by atoms with Gasteiger partial charge in [0, 0.05) is 8.07 Å². The lowest BCUT2D eigenvalue weighted by Crippen LogP contribution is -2.53. The van der Waals surface area contributed by atoms with Crippen LogP contribution in [0.5, 0.6) is 0 Å². The van der Waals surface area contributed by atoms with Crippen LogP contribution in [0.15, 0.2) is 0 Å². The summed E-state index contributed by atoms with van der Waals surface area (Å²) in [4.78, 5) is 0. The maximum atomic E-state index is 6.55. The van der Waals surface area contributed by atoms with Crippen molar-refractivity contribution in [1.29, 1.82) is 0 Å². The molecule has 0 heterocycles. The highest BCUT2D eigenvalue weighted by molar-refractivity contribution is 6.94. The minimum Gasteiger partial charge on any atom is -0.392 e. The lowest BCUT2D eigenvalue weighted by molar-refractivity contribution is -0.0953. The van der Waals surface area contributed by atoms with Gasteiger partial charge in [-0.3, -0.25) is 0 Å². The fourth-order valence-corrected chi connectivity index (χ4v) is 20.8. The smallest absolute Gasteiger partial charge is 0.187 e. The molecule has 0 saturated heterocycles. The van der Waals surface area contributed by atoms with Crippen molar-refractivity contribution in [1.82, 2.24) is 0 Å². The van der Waals surface area contributed by atoms with Crippen molar-refractivity contribution in [3.63, 3.8) is 0 Å². The highest BCUT2D eigenvalue weighted by Gasteiger charge is 2.42. The van der Waals surface area contributed by atoms with Crippen molar-refractivity contribution in [2.45, 2.75) is 96.4 Å². The van der Waals surface area contributed by atoms with Crippen LogP contribution in [-0.2, 0) is 8.85 Å². The summed E-state index contributed by atoms with van der Waals surface area (Å²) in [6.07, 6.45) is 0. The van der Waals surface area contributed by atoms with E-state index in [-0.39, 0.29) is 5.79 Å². The van der Waals surface area contributed by atoms with Gasteiger partial charge in [-0.2, -0.15) is 0 Å². The largest absolute Gasteiger partial charge is 0.392 e. The van der Waals surface area contributed by atoms with Crippen LogP contribution in [0.3, 0.4) is 0 Å². The van der Waals surface area contributed by atoms with E-state index in [4.69, 9.17) is 8.85 Å². The molecule has 0 aromatic rings. The molecule has 0 saturated carbocycles. The van der Waals surface area contributed by atoms with Gasteiger partial charge >= 0.3 is 0 Å². The molecule has 0 amide bonds. The third-order valence-corrected chi connectivity index (χ3v) is 14.6. The van der Waals surface area contributed by atoms with Gasteiger partial charge in [-0.1, -0.05) is 38.4 Å². The molecule has 0 spiro atoms. The SMILES string of the molecule is CC(C[Si](C)(C)C[Si](C)(C)C)(O[Si](C)(C)C)O[Si](C)(C)C. The summed E-state index contributed by atoms with van der Waals surface area (Å²) in [5.41, 5.74) is 1.44. The van der Waals surface area contributed by atoms with Crippen LogP contribution in [0, 0.1) is 0 Å². The topological polar surface area (TPSA) is 18.5 Å². The van der Waals surface area contributed by atoms with Gasteiger partial charge in [0.25, 0.3) is 0 Å². The maximum Gasteiger partial charge on any atom is 0.187 e. The summed E-state index contributed by atoms with van der Waals surface area (Å²) < 4.78 is 13.1. The van der Waals surface area contributed by atoms with Gasteiger partial charge < -0.3 is 8.85 Å². The molecule has 0 aliphatic rings. The summed E-state index contributed by atoms with van der Waals surface area (Å²) in [5.74, 6) is -0.371. The van der Waals surface area contributed by atoms with Crippen molar-refractivity contribution >= 4 is 32.8 Å². The molecule has 0 aliphatic carbocycles. The molecule has 0 fully saturated rings. The molecule has 0 aliphatic heterocycles. The van der Waals surface area contributed by atoms with Crippen LogP contribution < -0.4 is 0 Å². The van der Waals surface area contributed by atoms with Gasteiger partial charge in [-0.05, 0) is 52.2 Å². The molecular formula is C15H40O2Si4. The van der Waals surface area contributed by atoms with Crippen LogP contribution in [0.4, 0.5) is 0 Å². The summed E-state index contributed by atoms with van der Waals surface area (Å²) >= 11 is 0. The first-order chi connectivity index (χ1) is 8.83. The van der Waals surface area contributed by atoms with E-state index in [1.165, 1.54) is 5.67 Å². The first-order valence-electron chi connectivity index (χ1n) is 8.23. The van der Waals surface area contributed by atoms with Gasteiger partial charge in [0.1, 0.15) is 5.79 Å². The molecule has 0 aromatic heterocycles. The molecule has 0 bridgehead atoms. The Hall–Kier alpha value is 0.788. The minimum absolute atomic E-state index is 0.371. The monoisotopic (exact) mass is 364 g/mol. The molecule has 21 heavy (non-hydrogen) atoms. The van der Waals surface area contributed by atoms with Gasteiger partial charge in [0.15, 0.2) is 16.6 Å². The van der Waals surface area contributed by atoms with Crippen molar-refractivity contribution in [3.05, 3.63) is 0 Å². The van der Waals surface area contributed by atoms with E-state index >= 15 is 0 Å². The summed E-state index contributed by atoms with van der Waals surface area (Å²) in [7, 11) is -5.59. The first-order valence-corrected chi connectivity index (χ1v) is 22.2. The third-order valence-electron chi connectivity index (χ3n) is 2.85. The van der Waals surface area contributed by atoms with Crippen LogP contribution in [-0.4, -0.2) is 38.6 Å². The number of hydrogen-bond acceptors (Lipinski definition) is 2. The summed E-state index contributed by atoms with van der Waals surface area (Å²) in [6, 6.07) is 1.12. The Morgan fingerprint density at radius 1 is 0.667 bits per heavy atom. The Kier molecular flexibility index (Phi) is 6.98. The zero-order chi connectivity index (χ0) is 17.3. The molecule has 0 N–H and O–H groups in total. The van der Waals surface area contributed by atoms with Crippen LogP contribution >= 0.6 is 0 Å². The van der Waals surface area contributed by atoms with E-state index in [0.717, 1.165) is 6.04 Å². The lowest BCUT2D eigenvalue weighted by atomic mass is 10.4. The van der Waals surface area contributed by atoms with Crippen molar-refractivity contribution in [2.24, 2.45) is 0 Å². The normalized spacial score (nSPS) is 15.4. The van der Waals surface area contributed by atoms with Crippen LogP contribution in [0.25, 0.3) is 0 Å². The van der Waals surface area contributed by atoms with Gasteiger partial charge in [-0.25, -0.2) is 0 Å². The van der Waals surface area contributed by atoms with Crippen molar-refractivity contribution < 1.29 is 8.85 Å². The van der Waals surface area contributed by atoms with Gasteiger partial charge in [-0.15, -0.1) is 0 Å². The number of hydrogen-bond donors (Lipinski definition) is 0. The second-order valence-electron chi connectivity index (χ2n) is 10.6. The molecule has 2 nitrogen and oxygen atoms in total. The molecule has 0 atom stereocenters. The Bertz CT molecular complexity index is 319. The molecule has 0 aromatic carbocycles. The predicted molar refractivity (Wildman–Crippen MR) is 108 cm³/mol. The molecule has 6 heteroatoms. The zero-order valence-electron chi connectivity index (χ0n) is 16.7. The van der Waals surface area contributed by atoms with Gasteiger partial charge in [0.05, 0.1) is 8.07 Å². The van der Waals surface area contributed by atoms with E-state index in [0.29, 0.717) is 0 Å². The summed E-state index contributed by atoms with van der Waals surface area (Å²) in [6.45, 7) is 28.3. The third kappa shape index (κ3) is 11.9. The Balaban J connectivity index is 5.23. The molecule has 0 unspecified atom stereocenters. The second-order valence-corrected chi connectivity index (χ2v) is 30.7. The fraction of sp³-hybridized carbons (Fsp3) is 1.00. The highest BCUT2D eigenvalue weighted by Crippen LogP contribution is 2.35. The van der Waals surface area contributed by atoms with E-state index < -0.39 is 32.8 Å². The van der Waals surface area contributed by atoms with Gasteiger partial charge in [0.2, 0.25) is 0 Å².